The summed E-state index contributed by atoms with van der Waals surface area (Å²) in [5.41, 5.74) is 0.749. The average molecular weight is 295 g/mol. The molecule has 19 heavy (non-hydrogen) atoms. The maximum Gasteiger partial charge on any atom is 0.322 e. The Morgan fingerprint density at radius 1 is 1.32 bits per heavy atom. The highest BCUT2D eigenvalue weighted by Gasteiger charge is 2.12. The van der Waals surface area contributed by atoms with Gasteiger partial charge < -0.3 is 10.2 Å². The number of urea groups is 1. The molecule has 2 rings (SSSR count). The van der Waals surface area contributed by atoms with Crippen molar-refractivity contribution in [2.45, 2.75) is 13.5 Å². The average Bonchev–Trinajstić information content (AvgIpc) is 2.91. The Hall–Kier alpha value is -1.52. The molecule has 0 unspecified atom stereocenters. The first-order valence-corrected chi connectivity index (χ1v) is 7.28. The highest BCUT2D eigenvalue weighted by atomic mass is 35.5. The van der Waals surface area contributed by atoms with Crippen molar-refractivity contribution in [3.8, 4) is 0 Å². The van der Waals surface area contributed by atoms with E-state index in [0.29, 0.717) is 18.1 Å². The second kappa shape index (κ2) is 6.59. The molecule has 1 aromatic carbocycles. The number of hydrogen-bond donors (Lipinski definition) is 1. The lowest BCUT2D eigenvalue weighted by molar-refractivity contribution is 0.212. The van der Waals surface area contributed by atoms with Gasteiger partial charge in [0.25, 0.3) is 0 Å². The van der Waals surface area contributed by atoms with Gasteiger partial charge in [0.2, 0.25) is 0 Å². The van der Waals surface area contributed by atoms with Crippen LogP contribution < -0.4 is 5.32 Å². The minimum atomic E-state index is -0.0989. The van der Waals surface area contributed by atoms with Crippen LogP contribution in [0.2, 0.25) is 5.02 Å². The number of nitrogens with zero attached hydrogens (tertiary/aromatic N) is 1. The highest BCUT2D eigenvalue weighted by molar-refractivity contribution is 7.09. The second-order valence-electron chi connectivity index (χ2n) is 4.03. The van der Waals surface area contributed by atoms with Crippen LogP contribution in [-0.4, -0.2) is 17.5 Å². The zero-order chi connectivity index (χ0) is 13.7. The number of carbonyl (C=O) groups excluding carboxylic acids is 1. The number of rotatable bonds is 4. The number of carbonyl (C=O) groups is 1. The molecule has 5 heteroatoms. The Morgan fingerprint density at radius 3 is 2.63 bits per heavy atom. The smallest absolute Gasteiger partial charge is 0.320 e. The lowest BCUT2D eigenvalue weighted by Crippen LogP contribution is -2.34. The van der Waals surface area contributed by atoms with E-state index in [1.54, 1.807) is 40.5 Å². The van der Waals surface area contributed by atoms with Crippen molar-refractivity contribution in [2.24, 2.45) is 0 Å². The van der Waals surface area contributed by atoms with Gasteiger partial charge in [0.1, 0.15) is 0 Å². The van der Waals surface area contributed by atoms with E-state index in [9.17, 15) is 4.79 Å². The van der Waals surface area contributed by atoms with Gasteiger partial charge in [0, 0.05) is 22.1 Å². The molecule has 0 aliphatic rings. The van der Waals surface area contributed by atoms with Gasteiger partial charge in [-0.05, 0) is 42.6 Å². The number of hydrogen-bond acceptors (Lipinski definition) is 2. The third-order valence-corrected chi connectivity index (χ3v) is 3.80. The van der Waals surface area contributed by atoms with Gasteiger partial charge in [-0.2, -0.15) is 0 Å². The number of thiophene rings is 1. The zero-order valence-corrected chi connectivity index (χ0v) is 12.2. The molecular formula is C14H15ClN2OS. The fourth-order valence-corrected chi connectivity index (χ4v) is 2.50. The SMILES string of the molecule is CCN(Cc1cccs1)C(=O)Nc1ccc(Cl)cc1. The molecule has 0 aliphatic carbocycles. The number of nitrogens with one attached hydrogen (secondary N) is 1. The maximum absolute atomic E-state index is 12.1. The summed E-state index contributed by atoms with van der Waals surface area (Å²) in [6.45, 7) is 3.26. The summed E-state index contributed by atoms with van der Waals surface area (Å²) in [5.74, 6) is 0. The van der Waals surface area contributed by atoms with Gasteiger partial charge in [0.05, 0.1) is 6.54 Å². The van der Waals surface area contributed by atoms with Crippen LogP contribution >= 0.6 is 22.9 Å². The summed E-state index contributed by atoms with van der Waals surface area (Å²) < 4.78 is 0. The molecule has 2 aromatic rings. The highest BCUT2D eigenvalue weighted by Crippen LogP contribution is 2.16. The molecule has 0 aliphatic heterocycles. The number of amides is 2. The van der Waals surface area contributed by atoms with Crippen LogP contribution in [0.4, 0.5) is 10.5 Å². The van der Waals surface area contributed by atoms with Crippen LogP contribution in [0.1, 0.15) is 11.8 Å². The predicted octanol–water partition coefficient (Wildman–Crippen LogP) is 4.46. The first-order valence-electron chi connectivity index (χ1n) is 6.03. The standard InChI is InChI=1S/C14H15ClN2OS/c1-2-17(10-13-4-3-9-19-13)14(18)16-12-7-5-11(15)6-8-12/h3-9H,2,10H2,1H3,(H,16,18). The van der Waals surface area contributed by atoms with Gasteiger partial charge in [-0.1, -0.05) is 17.7 Å². The van der Waals surface area contributed by atoms with E-state index in [1.165, 1.54) is 4.88 Å². The van der Waals surface area contributed by atoms with E-state index in [-0.39, 0.29) is 6.03 Å². The van der Waals surface area contributed by atoms with Gasteiger partial charge in [0.15, 0.2) is 0 Å². The van der Waals surface area contributed by atoms with Crippen molar-refractivity contribution in [1.82, 2.24) is 4.90 Å². The van der Waals surface area contributed by atoms with Crippen LogP contribution in [0.5, 0.6) is 0 Å². The van der Waals surface area contributed by atoms with Crippen LogP contribution in [0.25, 0.3) is 0 Å². The molecule has 0 saturated carbocycles. The van der Waals surface area contributed by atoms with Crippen molar-refractivity contribution in [3.05, 3.63) is 51.7 Å². The van der Waals surface area contributed by atoms with E-state index in [0.717, 1.165) is 5.69 Å². The predicted molar refractivity (Wildman–Crippen MR) is 80.9 cm³/mol. The Kier molecular flexibility index (Phi) is 4.82. The third-order valence-electron chi connectivity index (χ3n) is 2.69. The first kappa shape index (κ1) is 13.9. The molecule has 0 atom stereocenters. The van der Waals surface area contributed by atoms with E-state index < -0.39 is 0 Å². The molecular weight excluding hydrogens is 280 g/mol. The summed E-state index contributed by atoms with van der Waals surface area (Å²) in [4.78, 5) is 15.1. The monoisotopic (exact) mass is 294 g/mol. The molecule has 0 bridgehead atoms. The van der Waals surface area contributed by atoms with Gasteiger partial charge >= 0.3 is 6.03 Å². The van der Waals surface area contributed by atoms with Crippen LogP contribution in [0, 0.1) is 0 Å². The number of benzene rings is 1. The fraction of sp³-hybridized carbons (Fsp3) is 0.214. The van der Waals surface area contributed by atoms with Crippen LogP contribution in [0.15, 0.2) is 41.8 Å². The zero-order valence-electron chi connectivity index (χ0n) is 10.6. The van der Waals surface area contributed by atoms with Gasteiger partial charge in [-0.25, -0.2) is 4.79 Å². The van der Waals surface area contributed by atoms with E-state index in [2.05, 4.69) is 5.32 Å². The quantitative estimate of drug-likeness (QED) is 0.887. The topological polar surface area (TPSA) is 32.3 Å². The Labute approximate surface area is 121 Å². The molecule has 1 N–H and O–H groups in total. The molecule has 2 amide bonds. The van der Waals surface area contributed by atoms with Crippen molar-refractivity contribution >= 4 is 34.7 Å². The molecule has 1 heterocycles. The minimum Gasteiger partial charge on any atom is -0.320 e. The van der Waals surface area contributed by atoms with Gasteiger partial charge in [-0.3, -0.25) is 0 Å². The maximum atomic E-state index is 12.1. The lowest BCUT2D eigenvalue weighted by atomic mass is 10.3. The normalized spacial score (nSPS) is 10.2. The molecule has 0 saturated heterocycles. The summed E-state index contributed by atoms with van der Waals surface area (Å²) >= 11 is 7.46. The van der Waals surface area contributed by atoms with Crippen molar-refractivity contribution in [3.63, 3.8) is 0 Å². The molecule has 0 radical (unpaired) electrons. The van der Waals surface area contributed by atoms with E-state index in [4.69, 9.17) is 11.6 Å². The van der Waals surface area contributed by atoms with Crippen LogP contribution in [-0.2, 0) is 6.54 Å². The Balaban J connectivity index is 1.98. The second-order valence-corrected chi connectivity index (χ2v) is 5.50. The summed E-state index contributed by atoms with van der Waals surface area (Å²) in [5, 5.41) is 5.54. The van der Waals surface area contributed by atoms with E-state index >= 15 is 0 Å². The molecule has 1 aromatic heterocycles. The fourth-order valence-electron chi connectivity index (χ4n) is 1.65. The lowest BCUT2D eigenvalue weighted by Gasteiger charge is -2.20. The molecule has 0 fully saturated rings. The molecule has 0 spiro atoms. The minimum absolute atomic E-state index is 0.0989. The summed E-state index contributed by atoms with van der Waals surface area (Å²) in [6, 6.07) is 11.0. The Bertz CT molecular complexity index is 525. The Morgan fingerprint density at radius 2 is 2.05 bits per heavy atom. The summed E-state index contributed by atoms with van der Waals surface area (Å²) in [7, 11) is 0. The third kappa shape index (κ3) is 3.98. The summed E-state index contributed by atoms with van der Waals surface area (Å²) in [6.07, 6.45) is 0. The van der Waals surface area contributed by atoms with E-state index in [1.807, 2.05) is 24.4 Å². The van der Waals surface area contributed by atoms with Crippen molar-refractivity contribution < 1.29 is 4.79 Å². The number of halogens is 1. The first-order chi connectivity index (χ1) is 9.19. The number of anilines is 1. The molecule has 100 valence electrons. The largest absolute Gasteiger partial charge is 0.322 e. The van der Waals surface area contributed by atoms with Crippen molar-refractivity contribution in [2.75, 3.05) is 11.9 Å². The molecule has 3 nitrogen and oxygen atoms in total. The van der Waals surface area contributed by atoms with Crippen molar-refractivity contribution in [1.29, 1.82) is 0 Å². The van der Waals surface area contributed by atoms with Crippen LogP contribution in [0.3, 0.4) is 0 Å². The van der Waals surface area contributed by atoms with Gasteiger partial charge in [-0.15, -0.1) is 11.3 Å².